The Labute approximate surface area is 110 Å². The summed E-state index contributed by atoms with van der Waals surface area (Å²) in [6.07, 6.45) is 6.31. The van der Waals surface area contributed by atoms with Crippen molar-refractivity contribution in [2.75, 3.05) is 13.2 Å². The van der Waals surface area contributed by atoms with Gasteiger partial charge in [0.15, 0.2) is 0 Å². The van der Waals surface area contributed by atoms with Crippen molar-refractivity contribution in [3.63, 3.8) is 0 Å². The molecule has 4 heteroatoms. The number of carbonyl (C=O) groups is 1. The standard InChI is InChI=1S/C14H28N2O2/c1-11(2)12(9-17)16-13(18)14(10-15)7-5-3-4-6-8-14/h11-12,17H,3-10,15H2,1-2H3,(H,16,18). The second-order valence-corrected chi connectivity index (χ2v) is 5.91. The summed E-state index contributed by atoms with van der Waals surface area (Å²) in [6.45, 7) is 4.41. The van der Waals surface area contributed by atoms with Gasteiger partial charge in [0.2, 0.25) is 5.91 Å². The Morgan fingerprint density at radius 1 is 1.28 bits per heavy atom. The van der Waals surface area contributed by atoms with E-state index in [1.165, 1.54) is 12.8 Å². The van der Waals surface area contributed by atoms with Gasteiger partial charge in [-0.15, -0.1) is 0 Å². The molecule has 1 aliphatic carbocycles. The van der Waals surface area contributed by atoms with E-state index in [1.54, 1.807) is 0 Å². The van der Waals surface area contributed by atoms with Crippen molar-refractivity contribution in [2.45, 2.75) is 58.4 Å². The molecule has 4 nitrogen and oxygen atoms in total. The Balaban J connectivity index is 2.71. The van der Waals surface area contributed by atoms with Crippen LogP contribution in [0.5, 0.6) is 0 Å². The molecule has 0 saturated heterocycles. The van der Waals surface area contributed by atoms with Crippen LogP contribution in [0.25, 0.3) is 0 Å². The zero-order valence-corrected chi connectivity index (χ0v) is 11.7. The molecule has 1 atom stereocenters. The number of nitrogens with two attached hydrogens (primary N) is 1. The van der Waals surface area contributed by atoms with Gasteiger partial charge in [-0.1, -0.05) is 39.5 Å². The Morgan fingerprint density at radius 3 is 2.22 bits per heavy atom. The lowest BCUT2D eigenvalue weighted by molar-refractivity contribution is -0.132. The number of nitrogens with one attached hydrogen (secondary N) is 1. The minimum atomic E-state index is -0.404. The number of amides is 1. The van der Waals surface area contributed by atoms with Crippen LogP contribution in [0.3, 0.4) is 0 Å². The molecule has 0 aromatic heterocycles. The number of hydrogen-bond acceptors (Lipinski definition) is 3. The van der Waals surface area contributed by atoms with Gasteiger partial charge in [-0.25, -0.2) is 0 Å². The van der Waals surface area contributed by atoms with Gasteiger partial charge < -0.3 is 16.2 Å². The molecule has 4 N–H and O–H groups in total. The molecule has 0 aliphatic heterocycles. The lowest BCUT2D eigenvalue weighted by Crippen LogP contribution is -2.51. The average molecular weight is 256 g/mol. The summed E-state index contributed by atoms with van der Waals surface area (Å²) < 4.78 is 0. The predicted octanol–water partition coefficient (Wildman–Crippen LogP) is 1.42. The van der Waals surface area contributed by atoms with Crippen molar-refractivity contribution in [1.29, 1.82) is 0 Å². The zero-order chi connectivity index (χ0) is 13.6. The average Bonchev–Trinajstić information content (AvgIpc) is 2.61. The lowest BCUT2D eigenvalue weighted by atomic mass is 9.79. The molecule has 1 saturated carbocycles. The van der Waals surface area contributed by atoms with Crippen LogP contribution < -0.4 is 11.1 Å². The van der Waals surface area contributed by atoms with Crippen LogP contribution in [-0.4, -0.2) is 30.2 Å². The minimum Gasteiger partial charge on any atom is -0.394 e. The first-order chi connectivity index (χ1) is 8.55. The first-order valence-electron chi connectivity index (χ1n) is 7.17. The molecule has 1 unspecified atom stereocenters. The van der Waals surface area contributed by atoms with Crippen molar-refractivity contribution in [3.05, 3.63) is 0 Å². The van der Waals surface area contributed by atoms with Gasteiger partial charge in [0.1, 0.15) is 0 Å². The van der Waals surface area contributed by atoms with E-state index in [2.05, 4.69) is 5.32 Å². The molecular weight excluding hydrogens is 228 g/mol. The molecule has 18 heavy (non-hydrogen) atoms. The monoisotopic (exact) mass is 256 g/mol. The summed E-state index contributed by atoms with van der Waals surface area (Å²) in [6, 6.07) is -0.163. The second kappa shape index (κ2) is 7.10. The van der Waals surface area contributed by atoms with Crippen molar-refractivity contribution in [2.24, 2.45) is 17.1 Å². The lowest BCUT2D eigenvalue weighted by Gasteiger charge is -2.32. The number of carbonyl (C=O) groups excluding carboxylic acids is 1. The van der Waals surface area contributed by atoms with E-state index in [0.717, 1.165) is 25.7 Å². The maximum absolute atomic E-state index is 12.5. The summed E-state index contributed by atoms with van der Waals surface area (Å²) in [4.78, 5) is 12.5. The van der Waals surface area contributed by atoms with Crippen molar-refractivity contribution in [3.8, 4) is 0 Å². The van der Waals surface area contributed by atoms with Crippen LogP contribution in [0.2, 0.25) is 0 Å². The highest BCUT2D eigenvalue weighted by molar-refractivity contribution is 5.83. The summed E-state index contributed by atoms with van der Waals surface area (Å²) in [5.41, 5.74) is 5.47. The molecule has 0 aromatic carbocycles. The fourth-order valence-electron chi connectivity index (χ4n) is 2.67. The van der Waals surface area contributed by atoms with Gasteiger partial charge in [-0.2, -0.15) is 0 Å². The summed E-state index contributed by atoms with van der Waals surface area (Å²) in [5, 5.41) is 12.3. The normalized spacial score (nSPS) is 21.4. The Hall–Kier alpha value is -0.610. The number of rotatable bonds is 5. The van der Waals surface area contributed by atoms with Gasteiger partial charge in [0, 0.05) is 6.54 Å². The van der Waals surface area contributed by atoms with Crippen molar-refractivity contribution < 1.29 is 9.90 Å². The molecule has 0 spiro atoms. The predicted molar refractivity (Wildman–Crippen MR) is 73.0 cm³/mol. The van der Waals surface area contributed by atoms with Gasteiger partial charge in [0.05, 0.1) is 18.1 Å². The molecule has 106 valence electrons. The highest BCUT2D eigenvalue weighted by Crippen LogP contribution is 2.34. The molecule has 1 aliphatic rings. The van der Waals surface area contributed by atoms with Gasteiger partial charge >= 0.3 is 0 Å². The second-order valence-electron chi connectivity index (χ2n) is 5.91. The van der Waals surface area contributed by atoms with Crippen LogP contribution >= 0.6 is 0 Å². The van der Waals surface area contributed by atoms with E-state index in [0.29, 0.717) is 6.54 Å². The molecule has 1 amide bonds. The van der Waals surface area contributed by atoms with Crippen LogP contribution in [0, 0.1) is 11.3 Å². The highest BCUT2D eigenvalue weighted by atomic mass is 16.3. The Morgan fingerprint density at radius 2 is 1.83 bits per heavy atom. The fourth-order valence-corrected chi connectivity index (χ4v) is 2.67. The Bertz CT molecular complexity index is 259. The van der Waals surface area contributed by atoms with E-state index < -0.39 is 5.41 Å². The van der Waals surface area contributed by atoms with E-state index in [-0.39, 0.29) is 24.5 Å². The maximum Gasteiger partial charge on any atom is 0.227 e. The molecule has 1 rings (SSSR count). The molecule has 0 bridgehead atoms. The molecule has 0 heterocycles. The first-order valence-corrected chi connectivity index (χ1v) is 7.17. The van der Waals surface area contributed by atoms with Crippen molar-refractivity contribution >= 4 is 5.91 Å². The van der Waals surface area contributed by atoms with E-state index >= 15 is 0 Å². The van der Waals surface area contributed by atoms with Gasteiger partial charge in [-0.05, 0) is 18.8 Å². The third-order valence-electron chi connectivity index (χ3n) is 4.25. The third kappa shape index (κ3) is 3.69. The topological polar surface area (TPSA) is 75.3 Å². The largest absolute Gasteiger partial charge is 0.394 e. The highest BCUT2D eigenvalue weighted by Gasteiger charge is 2.38. The summed E-state index contributed by atoms with van der Waals surface area (Å²) >= 11 is 0. The molecular formula is C14H28N2O2. The number of aliphatic hydroxyl groups is 1. The SMILES string of the molecule is CC(C)C(CO)NC(=O)C1(CN)CCCCCC1. The van der Waals surface area contributed by atoms with E-state index in [1.807, 2.05) is 13.8 Å². The van der Waals surface area contributed by atoms with Crippen molar-refractivity contribution in [1.82, 2.24) is 5.32 Å². The quantitative estimate of drug-likeness (QED) is 0.651. The minimum absolute atomic E-state index is 0.00986. The van der Waals surface area contributed by atoms with Gasteiger partial charge in [0.25, 0.3) is 0 Å². The molecule has 0 aromatic rings. The van der Waals surface area contributed by atoms with Crippen LogP contribution in [0.1, 0.15) is 52.4 Å². The van der Waals surface area contributed by atoms with Crippen LogP contribution in [0.4, 0.5) is 0 Å². The Kier molecular flexibility index (Phi) is 6.09. The zero-order valence-electron chi connectivity index (χ0n) is 11.7. The summed E-state index contributed by atoms with van der Waals surface area (Å²) in [5.74, 6) is 0.277. The fraction of sp³-hybridized carbons (Fsp3) is 0.929. The number of aliphatic hydroxyl groups excluding tert-OH is 1. The van der Waals surface area contributed by atoms with Crippen LogP contribution in [-0.2, 0) is 4.79 Å². The summed E-state index contributed by atoms with van der Waals surface area (Å²) in [7, 11) is 0. The van der Waals surface area contributed by atoms with E-state index in [4.69, 9.17) is 5.73 Å². The molecule has 0 radical (unpaired) electrons. The maximum atomic E-state index is 12.5. The van der Waals surface area contributed by atoms with Crippen LogP contribution in [0.15, 0.2) is 0 Å². The molecule has 1 fully saturated rings. The smallest absolute Gasteiger partial charge is 0.227 e. The first kappa shape index (κ1) is 15.4. The third-order valence-corrected chi connectivity index (χ3v) is 4.25. The number of hydrogen-bond donors (Lipinski definition) is 3. The van der Waals surface area contributed by atoms with Gasteiger partial charge in [-0.3, -0.25) is 4.79 Å². The van der Waals surface area contributed by atoms with E-state index in [9.17, 15) is 9.90 Å².